The molecule has 0 bridgehead atoms. The highest BCUT2D eigenvalue weighted by atomic mass is 28.1. The van der Waals surface area contributed by atoms with Crippen LogP contribution in [-0.4, -0.2) is 35.3 Å². The van der Waals surface area contributed by atoms with E-state index in [4.69, 9.17) is 5.11 Å². The Kier molecular flexibility index (Phi) is 8.86. The minimum absolute atomic E-state index is 0. The van der Waals surface area contributed by atoms with Crippen LogP contribution < -0.4 is 0 Å². The van der Waals surface area contributed by atoms with Crippen LogP contribution >= 0.6 is 0 Å². The van der Waals surface area contributed by atoms with Crippen LogP contribution in [0.3, 0.4) is 0 Å². The van der Waals surface area contributed by atoms with Gasteiger partial charge in [-0.25, -0.2) is 4.79 Å². The molecule has 0 saturated carbocycles. The van der Waals surface area contributed by atoms with Gasteiger partial charge >= 0.3 is 5.97 Å². The Bertz CT molecular complexity index is 134. The van der Waals surface area contributed by atoms with E-state index in [0.717, 1.165) is 0 Å². The maximum absolute atomic E-state index is 10.6. The number of aliphatic hydroxyl groups is 1. The van der Waals surface area contributed by atoms with Crippen molar-refractivity contribution in [1.82, 2.24) is 0 Å². The van der Waals surface area contributed by atoms with Crippen LogP contribution in [0.4, 0.5) is 0 Å². The summed E-state index contributed by atoms with van der Waals surface area (Å²) in [6, 6.07) is 0. The second-order valence-corrected chi connectivity index (χ2v) is 1.99. The Hall–Kier alpha value is -0.613. The van der Waals surface area contributed by atoms with Crippen LogP contribution in [-0.2, 0) is 9.53 Å². The summed E-state index contributed by atoms with van der Waals surface area (Å²) in [5, 5.41) is 8.30. The fourth-order valence-electron chi connectivity index (χ4n) is 0.353. The molecular formula is C7H16O3Si. The standard InChI is InChI=1S/C7H12O3.H4Si/c1-6(2)7(9)10-5-3-4-8;/h8H,1,3-5H2,2H3;1H4. The Balaban J connectivity index is 0. The van der Waals surface area contributed by atoms with Crippen molar-refractivity contribution in [3.63, 3.8) is 0 Å². The third-order valence-corrected chi connectivity index (χ3v) is 0.884. The Morgan fingerprint density at radius 1 is 1.64 bits per heavy atom. The molecule has 11 heavy (non-hydrogen) atoms. The molecule has 66 valence electrons. The smallest absolute Gasteiger partial charge is 0.333 e. The maximum atomic E-state index is 10.6. The quantitative estimate of drug-likeness (QED) is 0.260. The SMILES string of the molecule is C=C(C)C(=O)OCCCO.[SiH4]. The van der Waals surface area contributed by atoms with E-state index in [1.165, 1.54) is 0 Å². The first kappa shape index (κ1) is 13.0. The maximum Gasteiger partial charge on any atom is 0.333 e. The number of hydrogen-bond acceptors (Lipinski definition) is 3. The van der Waals surface area contributed by atoms with E-state index in [0.29, 0.717) is 12.0 Å². The van der Waals surface area contributed by atoms with Crippen molar-refractivity contribution in [3.05, 3.63) is 12.2 Å². The van der Waals surface area contributed by atoms with Gasteiger partial charge in [-0.2, -0.15) is 0 Å². The summed E-state index contributed by atoms with van der Waals surface area (Å²) in [5.74, 6) is -0.395. The zero-order valence-corrected chi connectivity index (χ0v) is 6.09. The van der Waals surface area contributed by atoms with Crippen LogP contribution in [0.1, 0.15) is 13.3 Å². The largest absolute Gasteiger partial charge is 0.462 e. The molecule has 3 nitrogen and oxygen atoms in total. The number of carbonyl (C=O) groups is 1. The van der Waals surface area contributed by atoms with E-state index >= 15 is 0 Å². The van der Waals surface area contributed by atoms with Crippen molar-refractivity contribution < 1.29 is 14.6 Å². The number of rotatable bonds is 4. The van der Waals surface area contributed by atoms with Crippen molar-refractivity contribution in [2.75, 3.05) is 13.2 Å². The van der Waals surface area contributed by atoms with Crippen LogP contribution in [0, 0.1) is 0 Å². The summed E-state index contributed by atoms with van der Waals surface area (Å²) in [4.78, 5) is 10.6. The molecule has 0 fully saturated rings. The molecule has 0 saturated heterocycles. The summed E-state index contributed by atoms with van der Waals surface area (Å²) < 4.78 is 4.65. The third kappa shape index (κ3) is 7.28. The molecule has 0 aliphatic carbocycles. The van der Waals surface area contributed by atoms with Crippen molar-refractivity contribution in [2.24, 2.45) is 0 Å². The number of aliphatic hydroxyl groups excluding tert-OH is 1. The van der Waals surface area contributed by atoms with Gasteiger partial charge in [-0.3, -0.25) is 0 Å². The van der Waals surface area contributed by atoms with Crippen molar-refractivity contribution in [1.29, 1.82) is 0 Å². The van der Waals surface area contributed by atoms with E-state index in [-0.39, 0.29) is 24.2 Å². The lowest BCUT2D eigenvalue weighted by atomic mass is 10.4. The first-order valence-electron chi connectivity index (χ1n) is 3.12. The molecule has 0 rings (SSSR count). The normalized spacial score (nSPS) is 8.18. The first-order valence-corrected chi connectivity index (χ1v) is 3.12. The van der Waals surface area contributed by atoms with Gasteiger partial charge in [0.05, 0.1) is 6.61 Å². The highest BCUT2D eigenvalue weighted by Gasteiger charge is 2.00. The molecule has 0 aromatic heterocycles. The van der Waals surface area contributed by atoms with E-state index < -0.39 is 5.97 Å². The highest BCUT2D eigenvalue weighted by Crippen LogP contribution is 1.92. The minimum Gasteiger partial charge on any atom is -0.462 e. The van der Waals surface area contributed by atoms with E-state index in [1.54, 1.807) is 6.92 Å². The molecule has 0 aliphatic rings. The molecule has 0 aromatic carbocycles. The van der Waals surface area contributed by atoms with Gasteiger partial charge in [0.15, 0.2) is 0 Å². The van der Waals surface area contributed by atoms with E-state index in [9.17, 15) is 4.79 Å². The zero-order valence-electron chi connectivity index (χ0n) is 6.09. The Morgan fingerprint density at radius 3 is 2.55 bits per heavy atom. The molecule has 0 atom stereocenters. The molecule has 0 heterocycles. The van der Waals surface area contributed by atoms with Gasteiger partial charge in [-0.15, -0.1) is 0 Å². The molecule has 0 radical (unpaired) electrons. The molecule has 4 heteroatoms. The summed E-state index contributed by atoms with van der Waals surface area (Å²) in [6.07, 6.45) is 0.485. The van der Waals surface area contributed by atoms with Crippen LogP contribution in [0.15, 0.2) is 12.2 Å². The Labute approximate surface area is 71.1 Å². The molecule has 0 unspecified atom stereocenters. The van der Waals surface area contributed by atoms with Gasteiger partial charge in [0.2, 0.25) is 0 Å². The van der Waals surface area contributed by atoms with Crippen LogP contribution in [0.2, 0.25) is 0 Å². The first-order chi connectivity index (χ1) is 4.68. The van der Waals surface area contributed by atoms with Crippen molar-refractivity contribution in [3.8, 4) is 0 Å². The average Bonchev–Trinajstić information content (AvgIpc) is 1.88. The van der Waals surface area contributed by atoms with Gasteiger partial charge in [-0.05, 0) is 17.9 Å². The molecule has 0 spiro atoms. The summed E-state index contributed by atoms with van der Waals surface area (Å²) in [5.41, 5.74) is 0.387. The number of ether oxygens (including phenoxy) is 1. The predicted molar refractivity (Wildman–Crippen MR) is 48.8 cm³/mol. The molecule has 0 amide bonds. The fraction of sp³-hybridized carbons (Fsp3) is 0.571. The lowest BCUT2D eigenvalue weighted by Gasteiger charge is -2.00. The molecular weight excluding hydrogens is 160 g/mol. The monoisotopic (exact) mass is 176 g/mol. The van der Waals surface area contributed by atoms with E-state index in [1.807, 2.05) is 0 Å². The zero-order chi connectivity index (χ0) is 7.98. The summed E-state index contributed by atoms with van der Waals surface area (Å²) >= 11 is 0. The lowest BCUT2D eigenvalue weighted by Crippen LogP contribution is -2.06. The molecule has 0 aliphatic heterocycles. The lowest BCUT2D eigenvalue weighted by molar-refractivity contribution is -0.139. The number of hydrogen-bond donors (Lipinski definition) is 1. The van der Waals surface area contributed by atoms with Gasteiger partial charge in [-0.1, -0.05) is 6.58 Å². The van der Waals surface area contributed by atoms with Gasteiger partial charge in [0.1, 0.15) is 0 Å². The van der Waals surface area contributed by atoms with E-state index in [2.05, 4.69) is 11.3 Å². The number of carbonyl (C=O) groups excluding carboxylic acids is 1. The van der Waals surface area contributed by atoms with Gasteiger partial charge < -0.3 is 9.84 Å². The van der Waals surface area contributed by atoms with Gasteiger partial charge in [0, 0.05) is 18.6 Å². The highest BCUT2D eigenvalue weighted by molar-refractivity contribution is 5.86. The summed E-state index contributed by atoms with van der Waals surface area (Å²) in [6.45, 7) is 5.29. The molecule has 1 N–H and O–H groups in total. The molecule has 0 aromatic rings. The topological polar surface area (TPSA) is 46.5 Å². The average molecular weight is 176 g/mol. The second kappa shape index (κ2) is 7.49. The van der Waals surface area contributed by atoms with Crippen LogP contribution in [0.25, 0.3) is 0 Å². The second-order valence-electron chi connectivity index (χ2n) is 1.99. The van der Waals surface area contributed by atoms with Gasteiger partial charge in [0.25, 0.3) is 0 Å². The van der Waals surface area contributed by atoms with Crippen molar-refractivity contribution >= 4 is 16.9 Å². The fourth-order valence-corrected chi connectivity index (χ4v) is 0.353. The number of esters is 1. The van der Waals surface area contributed by atoms with Crippen molar-refractivity contribution in [2.45, 2.75) is 13.3 Å². The van der Waals surface area contributed by atoms with Crippen LogP contribution in [0.5, 0.6) is 0 Å². The summed E-state index contributed by atoms with van der Waals surface area (Å²) in [7, 11) is 0. The Morgan fingerprint density at radius 2 is 2.18 bits per heavy atom. The third-order valence-electron chi connectivity index (χ3n) is 0.884. The predicted octanol–water partition coefficient (Wildman–Crippen LogP) is -0.964. The minimum atomic E-state index is -0.395.